The molecule has 0 N–H and O–H groups in total. The van der Waals surface area contributed by atoms with Gasteiger partial charge < -0.3 is 9.47 Å². The van der Waals surface area contributed by atoms with E-state index in [2.05, 4.69) is 31.1 Å². The third kappa shape index (κ3) is 3.78. The van der Waals surface area contributed by atoms with Crippen LogP contribution in [0.1, 0.15) is 48.5 Å². The molecule has 1 aromatic carbocycles. The van der Waals surface area contributed by atoms with Gasteiger partial charge in [0.15, 0.2) is 17.3 Å². The topological polar surface area (TPSA) is 35.5 Å². The van der Waals surface area contributed by atoms with E-state index in [1.165, 1.54) is 18.9 Å². The van der Waals surface area contributed by atoms with Crippen LogP contribution >= 0.6 is 0 Å². The Bertz CT molecular complexity index is 640. The molecule has 0 aromatic heterocycles. The molecule has 0 aliphatic carbocycles. The highest BCUT2D eigenvalue weighted by Crippen LogP contribution is 2.34. The monoisotopic (exact) mass is 282 g/mol. The number of carbonyl (C=O) groups is 1. The minimum absolute atomic E-state index is 0.174. The van der Waals surface area contributed by atoms with Gasteiger partial charge in [-0.3, -0.25) is 4.79 Å². The van der Waals surface area contributed by atoms with Crippen molar-refractivity contribution >= 4 is 5.78 Å². The van der Waals surface area contributed by atoms with Crippen LogP contribution in [0.3, 0.4) is 0 Å². The van der Waals surface area contributed by atoms with Crippen molar-refractivity contribution in [1.29, 1.82) is 0 Å². The lowest BCUT2D eigenvalue weighted by Crippen LogP contribution is -1.98. The highest BCUT2D eigenvalue weighted by atomic mass is 16.7. The molecule has 0 spiro atoms. The van der Waals surface area contributed by atoms with Crippen LogP contribution in [0.4, 0.5) is 0 Å². The van der Waals surface area contributed by atoms with Gasteiger partial charge in [-0.2, -0.15) is 0 Å². The molecule has 108 valence electrons. The van der Waals surface area contributed by atoms with Crippen molar-refractivity contribution in [2.45, 2.75) is 32.6 Å². The summed E-state index contributed by atoms with van der Waals surface area (Å²) >= 11 is 0. The van der Waals surface area contributed by atoms with Gasteiger partial charge in [0.05, 0.1) is 0 Å². The predicted octanol–water partition coefficient (Wildman–Crippen LogP) is 3.87. The lowest BCUT2D eigenvalue weighted by Gasteiger charge is -2.03. The molecule has 0 bridgehead atoms. The predicted molar refractivity (Wildman–Crippen MR) is 81.6 cm³/mol. The molecular weight excluding hydrogens is 264 g/mol. The molecule has 1 aliphatic heterocycles. The average molecular weight is 282 g/mol. The molecule has 0 amide bonds. The molecular formula is C18H18O3. The molecule has 1 aliphatic rings. The number of hydrogen-bond donors (Lipinski definition) is 0. The first-order chi connectivity index (χ1) is 10.3. The number of ether oxygens (including phenoxy) is 2. The first kappa shape index (κ1) is 15.0. The van der Waals surface area contributed by atoms with E-state index in [1.54, 1.807) is 12.1 Å². The second kappa shape index (κ2) is 7.38. The minimum atomic E-state index is -0.179. The Kier molecular flexibility index (Phi) is 5.26. The van der Waals surface area contributed by atoms with E-state index in [4.69, 9.17) is 9.47 Å². The lowest BCUT2D eigenvalue weighted by molar-refractivity contribution is 0.104. The Labute approximate surface area is 125 Å². The molecule has 21 heavy (non-hydrogen) atoms. The Hall–Kier alpha value is -2.43. The third-order valence-electron chi connectivity index (χ3n) is 3.14. The van der Waals surface area contributed by atoms with Crippen molar-refractivity contribution in [1.82, 2.24) is 0 Å². The van der Waals surface area contributed by atoms with Crippen molar-refractivity contribution < 1.29 is 14.3 Å². The smallest absolute Gasteiger partial charge is 0.231 e. The Morgan fingerprint density at radius 2 is 2.10 bits per heavy atom. The fourth-order valence-electron chi connectivity index (χ4n) is 2.04. The molecule has 0 fully saturated rings. The van der Waals surface area contributed by atoms with E-state index in [0.29, 0.717) is 22.6 Å². The zero-order chi connectivity index (χ0) is 15.1. The molecule has 3 heteroatoms. The van der Waals surface area contributed by atoms with Gasteiger partial charge in [0, 0.05) is 29.7 Å². The van der Waals surface area contributed by atoms with Gasteiger partial charge in [-0.05, 0) is 12.5 Å². The summed E-state index contributed by atoms with van der Waals surface area (Å²) in [5.41, 5.74) is 3.66. The fourth-order valence-corrected chi connectivity index (χ4v) is 2.04. The average Bonchev–Trinajstić information content (AvgIpc) is 2.93. The molecule has 0 saturated heterocycles. The normalized spacial score (nSPS) is 11.3. The Balaban J connectivity index is 2.29. The molecule has 3 nitrogen and oxygen atoms in total. The van der Waals surface area contributed by atoms with Gasteiger partial charge in [-0.25, -0.2) is 0 Å². The summed E-state index contributed by atoms with van der Waals surface area (Å²) in [4.78, 5) is 12.1. The maximum absolute atomic E-state index is 12.1. The Morgan fingerprint density at radius 1 is 1.33 bits per heavy atom. The van der Waals surface area contributed by atoms with Crippen LogP contribution in [0, 0.1) is 11.8 Å². The number of unbranched alkanes of at least 4 members (excludes halogenated alkanes) is 3. The SMILES string of the molecule is C=C=CC(=O)c1cc2c(cc1C#CCCCCC)OCO2. The van der Waals surface area contributed by atoms with E-state index in [-0.39, 0.29) is 12.6 Å². The van der Waals surface area contributed by atoms with Gasteiger partial charge in [0.1, 0.15) is 0 Å². The second-order valence-corrected chi connectivity index (χ2v) is 4.72. The van der Waals surface area contributed by atoms with Crippen LogP contribution in [0.5, 0.6) is 11.5 Å². The van der Waals surface area contributed by atoms with E-state index in [9.17, 15) is 4.79 Å². The van der Waals surface area contributed by atoms with E-state index < -0.39 is 0 Å². The van der Waals surface area contributed by atoms with E-state index in [1.807, 2.05) is 0 Å². The molecule has 0 saturated carbocycles. The third-order valence-corrected chi connectivity index (χ3v) is 3.14. The van der Waals surface area contributed by atoms with E-state index >= 15 is 0 Å². The maximum Gasteiger partial charge on any atom is 0.231 e. The van der Waals surface area contributed by atoms with Crippen LogP contribution in [0.2, 0.25) is 0 Å². The number of benzene rings is 1. The van der Waals surface area contributed by atoms with Gasteiger partial charge in [0.2, 0.25) is 6.79 Å². The van der Waals surface area contributed by atoms with Crippen molar-refractivity contribution in [3.8, 4) is 23.3 Å². The van der Waals surface area contributed by atoms with Gasteiger partial charge in [-0.1, -0.05) is 38.2 Å². The van der Waals surface area contributed by atoms with Crippen molar-refractivity contribution in [3.05, 3.63) is 41.6 Å². The lowest BCUT2D eigenvalue weighted by atomic mass is 10.0. The highest BCUT2D eigenvalue weighted by molar-refractivity contribution is 6.06. The fraction of sp³-hybridized carbons (Fsp3) is 0.333. The molecule has 0 unspecified atom stereocenters. The summed E-state index contributed by atoms with van der Waals surface area (Å²) in [5.74, 6) is 7.21. The van der Waals surface area contributed by atoms with E-state index in [0.717, 1.165) is 12.8 Å². The standard InChI is InChI=1S/C18H18O3/c1-3-5-6-7-8-10-14-11-17-18(21-13-20-17)12-15(14)16(19)9-4-2/h9,11-12H,2-3,5-7,13H2,1H3. The van der Waals surface area contributed by atoms with Crippen LogP contribution in [0.25, 0.3) is 0 Å². The number of carbonyl (C=O) groups excluding carboxylic acids is 1. The largest absolute Gasteiger partial charge is 0.454 e. The number of fused-ring (bicyclic) bond motifs is 1. The number of rotatable bonds is 5. The molecule has 0 atom stereocenters. The first-order valence-electron chi connectivity index (χ1n) is 7.09. The van der Waals surface area contributed by atoms with Crippen molar-refractivity contribution in [2.75, 3.05) is 6.79 Å². The van der Waals surface area contributed by atoms with Crippen LogP contribution in [-0.2, 0) is 0 Å². The highest BCUT2D eigenvalue weighted by Gasteiger charge is 2.19. The van der Waals surface area contributed by atoms with Crippen LogP contribution < -0.4 is 9.47 Å². The molecule has 0 radical (unpaired) electrons. The summed E-state index contributed by atoms with van der Waals surface area (Å²) < 4.78 is 10.6. The number of allylic oxidation sites excluding steroid dienone is 1. The van der Waals surface area contributed by atoms with Crippen LogP contribution in [-0.4, -0.2) is 12.6 Å². The minimum Gasteiger partial charge on any atom is -0.454 e. The number of hydrogen-bond acceptors (Lipinski definition) is 3. The summed E-state index contributed by atoms with van der Waals surface area (Å²) in [6.45, 7) is 5.76. The summed E-state index contributed by atoms with van der Waals surface area (Å²) in [5, 5.41) is 0. The summed E-state index contributed by atoms with van der Waals surface area (Å²) in [6.07, 6.45) is 5.54. The maximum atomic E-state index is 12.1. The Morgan fingerprint density at radius 3 is 2.81 bits per heavy atom. The van der Waals surface area contributed by atoms with Crippen molar-refractivity contribution in [2.24, 2.45) is 0 Å². The first-order valence-corrected chi connectivity index (χ1v) is 7.09. The van der Waals surface area contributed by atoms with Crippen molar-refractivity contribution in [3.63, 3.8) is 0 Å². The molecule has 1 heterocycles. The number of ketones is 1. The van der Waals surface area contributed by atoms with Gasteiger partial charge in [-0.15, -0.1) is 5.73 Å². The zero-order valence-electron chi connectivity index (χ0n) is 12.2. The second-order valence-electron chi connectivity index (χ2n) is 4.72. The van der Waals surface area contributed by atoms with Gasteiger partial charge >= 0.3 is 0 Å². The molecule has 2 rings (SSSR count). The van der Waals surface area contributed by atoms with Crippen LogP contribution in [0.15, 0.2) is 30.5 Å². The summed E-state index contributed by atoms with van der Waals surface area (Å²) in [7, 11) is 0. The molecule has 1 aromatic rings. The summed E-state index contributed by atoms with van der Waals surface area (Å²) in [6, 6.07) is 3.44. The van der Waals surface area contributed by atoms with Gasteiger partial charge in [0.25, 0.3) is 0 Å². The quantitative estimate of drug-likeness (QED) is 0.270. The zero-order valence-corrected chi connectivity index (χ0v) is 12.2.